The number of H-pyrrole nitrogens is 1. The van der Waals surface area contributed by atoms with Gasteiger partial charge >= 0.3 is 0 Å². The molecule has 0 amide bonds. The molecular formula is C12H13ClN4O2S. The smallest absolute Gasteiger partial charge is 0.216 e. The third-order valence-electron chi connectivity index (χ3n) is 2.49. The topological polar surface area (TPSA) is 75.4 Å². The van der Waals surface area contributed by atoms with Crippen LogP contribution in [0, 0.1) is 11.7 Å². The van der Waals surface area contributed by atoms with Gasteiger partial charge in [-0.2, -0.15) is 14.9 Å². The van der Waals surface area contributed by atoms with Gasteiger partial charge in [0, 0.05) is 0 Å². The van der Waals surface area contributed by atoms with Crippen molar-refractivity contribution < 1.29 is 9.84 Å². The molecule has 8 heteroatoms. The molecule has 0 fully saturated rings. The van der Waals surface area contributed by atoms with E-state index >= 15 is 0 Å². The number of aromatic amines is 1. The van der Waals surface area contributed by atoms with Crippen molar-refractivity contribution in [1.82, 2.24) is 14.9 Å². The van der Waals surface area contributed by atoms with E-state index in [2.05, 4.69) is 15.3 Å². The predicted molar refractivity (Wildman–Crippen MR) is 79.4 cm³/mol. The van der Waals surface area contributed by atoms with E-state index < -0.39 is 0 Å². The van der Waals surface area contributed by atoms with Gasteiger partial charge < -0.3 is 9.84 Å². The minimum absolute atomic E-state index is 0.0817. The molecule has 0 aliphatic rings. The summed E-state index contributed by atoms with van der Waals surface area (Å²) in [5, 5.41) is 20.7. The van der Waals surface area contributed by atoms with Gasteiger partial charge in [0.25, 0.3) is 0 Å². The van der Waals surface area contributed by atoms with Crippen LogP contribution >= 0.6 is 23.8 Å². The minimum Gasteiger partial charge on any atom is -0.503 e. The summed E-state index contributed by atoms with van der Waals surface area (Å²) in [6, 6.07) is 3.23. The molecule has 0 spiro atoms. The van der Waals surface area contributed by atoms with Crippen molar-refractivity contribution >= 4 is 30.0 Å². The van der Waals surface area contributed by atoms with Gasteiger partial charge in [0.1, 0.15) is 5.82 Å². The van der Waals surface area contributed by atoms with Gasteiger partial charge in [0.05, 0.1) is 17.8 Å². The van der Waals surface area contributed by atoms with E-state index in [0.717, 1.165) is 0 Å². The maximum atomic E-state index is 9.76. The molecule has 0 saturated heterocycles. The predicted octanol–water partition coefficient (Wildman–Crippen LogP) is 2.89. The van der Waals surface area contributed by atoms with Crippen molar-refractivity contribution in [3.05, 3.63) is 33.3 Å². The first-order chi connectivity index (χ1) is 9.52. The largest absolute Gasteiger partial charge is 0.503 e. The molecule has 0 aliphatic heterocycles. The van der Waals surface area contributed by atoms with Gasteiger partial charge in [-0.05, 0) is 43.8 Å². The van der Waals surface area contributed by atoms with Crippen molar-refractivity contribution in [2.24, 2.45) is 5.10 Å². The van der Waals surface area contributed by atoms with Crippen molar-refractivity contribution in [3.8, 4) is 11.5 Å². The molecule has 0 radical (unpaired) electrons. The molecule has 1 aromatic heterocycles. The highest BCUT2D eigenvalue weighted by Gasteiger charge is 2.08. The van der Waals surface area contributed by atoms with Crippen LogP contribution < -0.4 is 4.74 Å². The van der Waals surface area contributed by atoms with Crippen LogP contribution in [0.5, 0.6) is 11.5 Å². The molecule has 0 bridgehead atoms. The number of aromatic nitrogens is 3. The Hall–Kier alpha value is -1.86. The summed E-state index contributed by atoms with van der Waals surface area (Å²) >= 11 is 11.0. The van der Waals surface area contributed by atoms with Crippen LogP contribution in [-0.4, -0.2) is 32.8 Å². The summed E-state index contributed by atoms with van der Waals surface area (Å²) in [6.07, 6.45) is 1.56. The lowest BCUT2D eigenvalue weighted by molar-refractivity contribution is 0.318. The van der Waals surface area contributed by atoms with Gasteiger partial charge in [-0.15, -0.1) is 0 Å². The Bertz CT molecular complexity index is 708. The van der Waals surface area contributed by atoms with E-state index in [-0.39, 0.29) is 10.8 Å². The molecule has 6 nitrogen and oxygen atoms in total. The summed E-state index contributed by atoms with van der Waals surface area (Å²) < 4.78 is 7.18. The zero-order chi connectivity index (χ0) is 14.7. The minimum atomic E-state index is -0.0817. The quantitative estimate of drug-likeness (QED) is 0.672. The summed E-state index contributed by atoms with van der Waals surface area (Å²) in [4.78, 5) is 0. The first-order valence-corrected chi connectivity index (χ1v) is 6.65. The average Bonchev–Trinajstić information content (AvgIpc) is 2.72. The van der Waals surface area contributed by atoms with Gasteiger partial charge in [-0.1, -0.05) is 11.6 Å². The summed E-state index contributed by atoms with van der Waals surface area (Å²) in [7, 11) is 0. The van der Waals surface area contributed by atoms with E-state index in [1.807, 2.05) is 6.92 Å². The Balaban J connectivity index is 2.37. The number of benzene rings is 1. The molecule has 106 valence electrons. The van der Waals surface area contributed by atoms with E-state index in [1.165, 1.54) is 4.68 Å². The monoisotopic (exact) mass is 312 g/mol. The second-order valence-corrected chi connectivity index (χ2v) is 4.71. The number of aryl methyl sites for hydroxylation is 1. The van der Waals surface area contributed by atoms with Crippen LogP contribution in [0.1, 0.15) is 18.3 Å². The summed E-state index contributed by atoms with van der Waals surface area (Å²) in [6.45, 7) is 4.03. The number of nitrogens with zero attached hydrogens (tertiary/aromatic N) is 3. The molecule has 0 saturated carbocycles. The normalized spacial score (nSPS) is 11.2. The number of ether oxygens (including phenoxy) is 1. The number of halogens is 1. The van der Waals surface area contributed by atoms with Crippen molar-refractivity contribution in [3.63, 3.8) is 0 Å². The lowest BCUT2D eigenvalue weighted by Crippen LogP contribution is -1.96. The van der Waals surface area contributed by atoms with Crippen LogP contribution in [0.2, 0.25) is 5.02 Å². The lowest BCUT2D eigenvalue weighted by atomic mass is 10.2. The fraction of sp³-hybridized carbons (Fsp3) is 0.250. The van der Waals surface area contributed by atoms with Crippen molar-refractivity contribution in [2.75, 3.05) is 6.61 Å². The third kappa shape index (κ3) is 3.00. The molecule has 0 aliphatic carbocycles. The molecule has 20 heavy (non-hydrogen) atoms. The van der Waals surface area contributed by atoms with Crippen LogP contribution in [0.15, 0.2) is 17.2 Å². The SMILES string of the molecule is CCOc1cc(/C=N/n2c(C)n[nH]c2=S)cc(Cl)c1O. The summed E-state index contributed by atoms with van der Waals surface area (Å²) in [5.74, 6) is 0.872. The molecular weight excluding hydrogens is 300 g/mol. The van der Waals surface area contributed by atoms with Crippen LogP contribution in [0.3, 0.4) is 0 Å². The second kappa shape index (κ2) is 6.06. The molecule has 2 aromatic rings. The Morgan fingerprint density at radius 2 is 2.35 bits per heavy atom. The maximum absolute atomic E-state index is 9.76. The Morgan fingerprint density at radius 1 is 1.60 bits per heavy atom. The van der Waals surface area contributed by atoms with E-state index in [9.17, 15) is 5.11 Å². The third-order valence-corrected chi connectivity index (χ3v) is 3.04. The highest BCUT2D eigenvalue weighted by Crippen LogP contribution is 2.34. The standard InChI is InChI=1S/C12H13ClN4O2S/c1-3-19-10-5-8(4-9(13)11(10)18)6-14-17-7(2)15-16-12(17)20/h4-6,18H,3H2,1-2H3,(H,16,20)/b14-6+. The van der Waals surface area contributed by atoms with E-state index in [1.54, 1.807) is 25.3 Å². The maximum Gasteiger partial charge on any atom is 0.216 e. The second-order valence-electron chi connectivity index (χ2n) is 3.91. The molecule has 1 heterocycles. The number of hydrogen-bond donors (Lipinski definition) is 2. The fourth-order valence-electron chi connectivity index (χ4n) is 1.56. The Labute approximate surface area is 125 Å². The highest BCUT2D eigenvalue weighted by atomic mass is 35.5. The first-order valence-electron chi connectivity index (χ1n) is 5.86. The molecule has 2 N–H and O–H groups in total. The highest BCUT2D eigenvalue weighted by molar-refractivity contribution is 7.71. The lowest BCUT2D eigenvalue weighted by Gasteiger charge is -2.08. The number of hydrogen-bond acceptors (Lipinski definition) is 5. The van der Waals surface area contributed by atoms with E-state index in [0.29, 0.717) is 28.5 Å². The molecule has 0 atom stereocenters. The number of aromatic hydroxyl groups is 1. The number of nitrogens with one attached hydrogen (secondary N) is 1. The Kier molecular flexibility index (Phi) is 4.41. The van der Waals surface area contributed by atoms with Crippen molar-refractivity contribution in [1.29, 1.82) is 0 Å². The van der Waals surface area contributed by atoms with Crippen LogP contribution in [0.25, 0.3) is 0 Å². The van der Waals surface area contributed by atoms with Gasteiger partial charge in [-0.3, -0.25) is 5.10 Å². The zero-order valence-corrected chi connectivity index (χ0v) is 12.5. The van der Waals surface area contributed by atoms with Crippen molar-refractivity contribution in [2.45, 2.75) is 13.8 Å². The van der Waals surface area contributed by atoms with Gasteiger partial charge in [0.15, 0.2) is 11.5 Å². The van der Waals surface area contributed by atoms with Gasteiger partial charge in [-0.25, -0.2) is 0 Å². The van der Waals surface area contributed by atoms with Crippen LogP contribution in [-0.2, 0) is 0 Å². The molecule has 1 aromatic carbocycles. The fourth-order valence-corrected chi connectivity index (χ4v) is 2.01. The van der Waals surface area contributed by atoms with E-state index in [4.69, 9.17) is 28.6 Å². The summed E-state index contributed by atoms with van der Waals surface area (Å²) in [5.41, 5.74) is 0.679. The molecule has 0 unspecified atom stereocenters. The number of phenols is 1. The van der Waals surface area contributed by atoms with Gasteiger partial charge in [0.2, 0.25) is 4.77 Å². The first kappa shape index (κ1) is 14.5. The zero-order valence-electron chi connectivity index (χ0n) is 10.9. The average molecular weight is 313 g/mol. The number of phenolic OH excluding ortho intramolecular Hbond substituents is 1. The van der Waals surface area contributed by atoms with Crippen LogP contribution in [0.4, 0.5) is 0 Å². The number of rotatable bonds is 4. The molecule has 2 rings (SSSR count). The Morgan fingerprint density at radius 3 is 2.95 bits per heavy atom.